The second-order valence-corrected chi connectivity index (χ2v) is 11.6. The molecule has 7 heteroatoms. The Hall–Kier alpha value is -4.78. The van der Waals surface area contributed by atoms with Crippen molar-refractivity contribution in [3.63, 3.8) is 0 Å². The van der Waals surface area contributed by atoms with Gasteiger partial charge in [0.05, 0.1) is 24.4 Å². The van der Waals surface area contributed by atoms with Gasteiger partial charge >= 0.3 is 0 Å². The standard InChI is InChI=1S/C35H29NO6/c1-42-28-15-12-20(16-27(28)37)31-22-13-14-23-30(34(41)36-33(23)40)25(22)17-26-32(39)24(19-8-4-2-5-9-19)18-29(38)35(26,31)21-10-6-3-7-11-21/h2-13,15-16,18,23,25-26,30-31,37H,14,17H2,1H3,(H,36,40,41)/t23-,25+,26-,30-,31-,35-/m0/s1. The molecular weight excluding hydrogens is 530 g/mol. The third-order valence-electron chi connectivity index (χ3n) is 9.75. The summed E-state index contributed by atoms with van der Waals surface area (Å²) in [4.78, 5) is 55.4. The van der Waals surface area contributed by atoms with Crippen LogP contribution < -0.4 is 10.1 Å². The summed E-state index contributed by atoms with van der Waals surface area (Å²) >= 11 is 0. The van der Waals surface area contributed by atoms with Crippen molar-refractivity contribution in [2.24, 2.45) is 23.7 Å². The number of imide groups is 1. The van der Waals surface area contributed by atoms with E-state index in [9.17, 15) is 24.3 Å². The molecule has 1 aliphatic heterocycles. The number of benzene rings is 3. The molecule has 1 saturated carbocycles. The number of carbonyl (C=O) groups excluding carboxylic acids is 4. The number of aromatic hydroxyl groups is 1. The van der Waals surface area contributed by atoms with Gasteiger partial charge in [0, 0.05) is 17.4 Å². The van der Waals surface area contributed by atoms with Crippen molar-refractivity contribution in [2.75, 3.05) is 7.11 Å². The highest BCUT2D eigenvalue weighted by molar-refractivity contribution is 6.31. The van der Waals surface area contributed by atoms with Gasteiger partial charge in [-0.1, -0.05) is 78.4 Å². The lowest BCUT2D eigenvalue weighted by Gasteiger charge is -2.55. The van der Waals surface area contributed by atoms with Crippen molar-refractivity contribution in [2.45, 2.75) is 24.2 Å². The molecule has 42 heavy (non-hydrogen) atoms. The van der Waals surface area contributed by atoms with Crippen LogP contribution in [0.4, 0.5) is 0 Å². The van der Waals surface area contributed by atoms with Gasteiger partial charge in [0.25, 0.3) is 0 Å². The predicted molar refractivity (Wildman–Crippen MR) is 154 cm³/mol. The average Bonchev–Trinajstić information content (AvgIpc) is 3.31. The van der Waals surface area contributed by atoms with E-state index in [1.807, 2.05) is 72.8 Å². The maximum Gasteiger partial charge on any atom is 0.231 e. The number of methoxy groups -OCH3 is 1. The van der Waals surface area contributed by atoms with Crippen LogP contribution in [0.2, 0.25) is 0 Å². The van der Waals surface area contributed by atoms with E-state index in [2.05, 4.69) is 5.32 Å². The van der Waals surface area contributed by atoms with Gasteiger partial charge in [0.15, 0.2) is 23.1 Å². The van der Waals surface area contributed by atoms with Gasteiger partial charge in [-0.05, 0) is 53.7 Å². The second kappa shape index (κ2) is 9.65. The molecule has 0 spiro atoms. The molecule has 1 saturated heterocycles. The zero-order valence-corrected chi connectivity index (χ0v) is 22.9. The molecule has 0 bridgehead atoms. The minimum absolute atomic E-state index is 0.0879. The number of phenols is 1. The van der Waals surface area contributed by atoms with Crippen molar-refractivity contribution < 1.29 is 29.0 Å². The van der Waals surface area contributed by atoms with Crippen LogP contribution in [0.15, 0.2) is 96.6 Å². The molecule has 7 rings (SSSR count). The number of phenolic OH excluding ortho intramolecular Hbond substituents is 1. The number of fused-ring (bicyclic) bond motifs is 4. The van der Waals surface area contributed by atoms with Gasteiger partial charge in [-0.15, -0.1) is 0 Å². The van der Waals surface area contributed by atoms with Crippen LogP contribution in [0.5, 0.6) is 11.5 Å². The predicted octanol–water partition coefficient (Wildman–Crippen LogP) is 4.51. The third-order valence-corrected chi connectivity index (χ3v) is 9.75. The lowest BCUT2D eigenvalue weighted by Crippen LogP contribution is -2.58. The number of hydrogen-bond donors (Lipinski definition) is 2. The first-order valence-electron chi connectivity index (χ1n) is 14.2. The van der Waals surface area contributed by atoms with Crippen molar-refractivity contribution in [3.8, 4) is 11.5 Å². The lowest BCUT2D eigenvalue weighted by molar-refractivity contribution is -0.135. The zero-order chi connectivity index (χ0) is 29.2. The van der Waals surface area contributed by atoms with Crippen LogP contribution in [-0.4, -0.2) is 35.6 Å². The largest absolute Gasteiger partial charge is 0.504 e. The summed E-state index contributed by atoms with van der Waals surface area (Å²) in [5.74, 6) is -3.87. The Balaban J connectivity index is 1.53. The lowest BCUT2D eigenvalue weighted by atomic mass is 9.44. The van der Waals surface area contributed by atoms with Gasteiger partial charge < -0.3 is 9.84 Å². The number of amides is 2. The Morgan fingerprint density at radius 3 is 2.29 bits per heavy atom. The first-order valence-corrected chi connectivity index (χ1v) is 14.2. The van der Waals surface area contributed by atoms with Crippen LogP contribution in [0.3, 0.4) is 0 Å². The number of allylic oxidation sites excluding steroid dienone is 4. The third kappa shape index (κ3) is 3.59. The van der Waals surface area contributed by atoms with E-state index >= 15 is 0 Å². The Bertz CT molecular complexity index is 1710. The SMILES string of the molecule is COc1ccc([C@H]2C3=CC[C@@H]4C(=O)NC(=O)[C@@H]4[C@@H]3C[C@H]3C(=O)C(c4ccccc4)=CC(=O)[C@@]23c2ccccc2)cc1O. The molecule has 2 fully saturated rings. The molecule has 7 nitrogen and oxygen atoms in total. The summed E-state index contributed by atoms with van der Waals surface area (Å²) in [5.41, 5.74) is 1.87. The number of ketones is 2. The smallest absolute Gasteiger partial charge is 0.231 e. The average molecular weight is 560 g/mol. The maximum absolute atomic E-state index is 14.8. The van der Waals surface area contributed by atoms with E-state index in [0.29, 0.717) is 28.7 Å². The highest BCUT2D eigenvalue weighted by Crippen LogP contribution is 2.63. The van der Waals surface area contributed by atoms with Crippen LogP contribution in [0, 0.1) is 23.7 Å². The van der Waals surface area contributed by atoms with Crippen LogP contribution >= 0.6 is 0 Å². The molecule has 1 heterocycles. The normalized spacial score (nSPS) is 30.0. The summed E-state index contributed by atoms with van der Waals surface area (Å²) in [5, 5.41) is 13.4. The van der Waals surface area contributed by atoms with E-state index < -0.39 is 35.0 Å². The highest BCUT2D eigenvalue weighted by atomic mass is 16.5. The van der Waals surface area contributed by atoms with Crippen molar-refractivity contribution in [3.05, 3.63) is 113 Å². The number of Topliss-reactive ketones (excluding diaryl/α,β-unsaturated/α-hetero) is 1. The molecule has 4 aliphatic rings. The maximum atomic E-state index is 14.8. The summed E-state index contributed by atoms with van der Waals surface area (Å²) in [7, 11) is 1.46. The summed E-state index contributed by atoms with van der Waals surface area (Å²) in [6.07, 6.45) is 4.08. The van der Waals surface area contributed by atoms with Crippen molar-refractivity contribution in [1.29, 1.82) is 0 Å². The molecule has 0 unspecified atom stereocenters. The van der Waals surface area contributed by atoms with E-state index in [-0.39, 0.29) is 41.3 Å². The number of carbonyl (C=O) groups is 4. The van der Waals surface area contributed by atoms with Crippen molar-refractivity contribution in [1.82, 2.24) is 5.32 Å². The van der Waals surface area contributed by atoms with Crippen molar-refractivity contribution >= 4 is 29.0 Å². The minimum Gasteiger partial charge on any atom is -0.504 e. The van der Waals surface area contributed by atoms with E-state index in [4.69, 9.17) is 4.74 Å². The van der Waals surface area contributed by atoms with Gasteiger partial charge in [0.1, 0.15) is 0 Å². The topological polar surface area (TPSA) is 110 Å². The molecule has 0 aromatic heterocycles. The van der Waals surface area contributed by atoms with E-state index in [0.717, 1.165) is 5.57 Å². The zero-order valence-electron chi connectivity index (χ0n) is 22.9. The molecule has 3 aliphatic carbocycles. The van der Waals surface area contributed by atoms with Gasteiger partial charge in [0.2, 0.25) is 11.8 Å². The number of nitrogens with one attached hydrogen (secondary N) is 1. The summed E-state index contributed by atoms with van der Waals surface area (Å²) in [6.45, 7) is 0. The van der Waals surface area contributed by atoms with Crippen LogP contribution in [-0.2, 0) is 24.6 Å². The Morgan fingerprint density at radius 1 is 0.881 bits per heavy atom. The van der Waals surface area contributed by atoms with E-state index in [1.165, 1.54) is 13.2 Å². The Kier molecular flexibility index (Phi) is 6.01. The number of hydrogen-bond acceptors (Lipinski definition) is 6. The molecule has 3 aromatic rings. The molecule has 2 amide bonds. The fourth-order valence-corrected chi connectivity index (χ4v) is 8.05. The monoisotopic (exact) mass is 559 g/mol. The Morgan fingerprint density at radius 2 is 1.60 bits per heavy atom. The summed E-state index contributed by atoms with van der Waals surface area (Å²) < 4.78 is 5.31. The first-order chi connectivity index (χ1) is 20.4. The fraction of sp³-hybridized carbons (Fsp3) is 0.257. The van der Waals surface area contributed by atoms with Gasteiger partial charge in [-0.3, -0.25) is 24.5 Å². The van der Waals surface area contributed by atoms with Crippen LogP contribution in [0.25, 0.3) is 5.57 Å². The molecule has 210 valence electrons. The summed E-state index contributed by atoms with van der Waals surface area (Å²) in [6, 6.07) is 23.6. The van der Waals surface area contributed by atoms with E-state index in [1.54, 1.807) is 12.1 Å². The van der Waals surface area contributed by atoms with Gasteiger partial charge in [-0.2, -0.15) is 0 Å². The second-order valence-electron chi connectivity index (χ2n) is 11.6. The van der Waals surface area contributed by atoms with Crippen LogP contribution in [0.1, 0.15) is 35.4 Å². The first kappa shape index (κ1) is 26.1. The quantitative estimate of drug-likeness (QED) is 0.360. The highest BCUT2D eigenvalue weighted by Gasteiger charge is 2.65. The molecule has 6 atom stereocenters. The van der Waals surface area contributed by atoms with Gasteiger partial charge in [-0.25, -0.2) is 0 Å². The molecule has 2 N–H and O–H groups in total. The Labute approximate surface area is 242 Å². The minimum atomic E-state index is -1.33. The number of ether oxygens (including phenoxy) is 1. The molecular formula is C35H29NO6. The molecule has 0 radical (unpaired) electrons. The fourth-order valence-electron chi connectivity index (χ4n) is 8.05. The number of rotatable bonds is 4. The molecule has 3 aromatic carbocycles.